The Morgan fingerprint density at radius 1 is 1.44 bits per heavy atom. The number of likely N-dealkylation sites (tertiary alicyclic amines) is 1. The highest BCUT2D eigenvalue weighted by Crippen LogP contribution is 2.19. The summed E-state index contributed by atoms with van der Waals surface area (Å²) in [6.07, 6.45) is 6.31. The largest absolute Gasteiger partial charge is 0.481 e. The molecule has 0 radical (unpaired) electrons. The van der Waals surface area contributed by atoms with E-state index >= 15 is 0 Å². The van der Waals surface area contributed by atoms with Crippen molar-refractivity contribution in [3.05, 3.63) is 30.1 Å². The first-order chi connectivity index (χ1) is 8.75. The van der Waals surface area contributed by atoms with Crippen LogP contribution in [0.2, 0.25) is 0 Å². The highest BCUT2D eigenvalue weighted by atomic mass is 16.4. The number of pyridine rings is 1. The van der Waals surface area contributed by atoms with Gasteiger partial charge in [-0.1, -0.05) is 12.5 Å². The number of hydrogen-bond acceptors (Lipinski definition) is 3. The standard InChI is InChI=1S/C14H20N2O2/c17-14(18)11-13-6-2-4-9-16(13)10-7-12-5-1-3-8-15-12/h1,3,5,8,13H,2,4,6-7,9-11H2,(H,17,18). The van der Waals surface area contributed by atoms with Gasteiger partial charge in [-0.3, -0.25) is 14.7 Å². The van der Waals surface area contributed by atoms with Crippen LogP contribution in [0.3, 0.4) is 0 Å². The molecular weight excluding hydrogens is 228 g/mol. The van der Waals surface area contributed by atoms with Gasteiger partial charge in [0.15, 0.2) is 0 Å². The third kappa shape index (κ3) is 3.81. The van der Waals surface area contributed by atoms with Crippen LogP contribution >= 0.6 is 0 Å². The molecule has 0 aromatic carbocycles. The molecule has 0 aliphatic carbocycles. The lowest BCUT2D eigenvalue weighted by Gasteiger charge is -2.34. The number of carboxylic acid groups (broad SMARTS) is 1. The molecule has 0 amide bonds. The average Bonchev–Trinajstić information content (AvgIpc) is 2.38. The third-order valence-electron chi connectivity index (χ3n) is 3.54. The smallest absolute Gasteiger partial charge is 0.304 e. The monoisotopic (exact) mass is 248 g/mol. The van der Waals surface area contributed by atoms with Gasteiger partial charge >= 0.3 is 5.97 Å². The summed E-state index contributed by atoms with van der Waals surface area (Å²) in [5.74, 6) is -0.690. The minimum absolute atomic E-state index is 0.208. The average molecular weight is 248 g/mol. The summed E-state index contributed by atoms with van der Waals surface area (Å²) in [6.45, 7) is 1.93. The molecule has 4 heteroatoms. The molecular formula is C14H20N2O2. The van der Waals surface area contributed by atoms with Gasteiger partial charge in [0.25, 0.3) is 0 Å². The second-order valence-electron chi connectivity index (χ2n) is 4.85. The summed E-state index contributed by atoms with van der Waals surface area (Å²) in [4.78, 5) is 17.5. The number of carboxylic acids is 1. The molecule has 1 aliphatic heterocycles. The number of piperidine rings is 1. The summed E-state index contributed by atoms with van der Waals surface area (Å²) < 4.78 is 0. The number of hydrogen-bond donors (Lipinski definition) is 1. The lowest BCUT2D eigenvalue weighted by atomic mass is 9.99. The van der Waals surface area contributed by atoms with Crippen LogP contribution in [0.4, 0.5) is 0 Å². The number of carbonyl (C=O) groups is 1. The van der Waals surface area contributed by atoms with Crippen LogP contribution in [-0.2, 0) is 11.2 Å². The highest BCUT2D eigenvalue weighted by molar-refractivity contribution is 5.67. The Balaban J connectivity index is 1.87. The molecule has 1 unspecified atom stereocenters. The van der Waals surface area contributed by atoms with Gasteiger partial charge in [0.2, 0.25) is 0 Å². The Hall–Kier alpha value is -1.42. The number of aliphatic carboxylic acids is 1. The van der Waals surface area contributed by atoms with E-state index in [-0.39, 0.29) is 12.5 Å². The van der Waals surface area contributed by atoms with Crippen molar-refractivity contribution in [2.45, 2.75) is 38.1 Å². The van der Waals surface area contributed by atoms with E-state index < -0.39 is 5.97 Å². The Kier molecular flexibility index (Phi) is 4.70. The van der Waals surface area contributed by atoms with Gasteiger partial charge in [-0.25, -0.2) is 0 Å². The van der Waals surface area contributed by atoms with Crippen molar-refractivity contribution >= 4 is 5.97 Å². The summed E-state index contributed by atoms with van der Waals surface area (Å²) in [5, 5.41) is 8.93. The van der Waals surface area contributed by atoms with Crippen LogP contribution in [0.25, 0.3) is 0 Å². The fourth-order valence-corrected chi connectivity index (χ4v) is 2.59. The molecule has 18 heavy (non-hydrogen) atoms. The van der Waals surface area contributed by atoms with Gasteiger partial charge in [-0.05, 0) is 31.5 Å². The maximum absolute atomic E-state index is 10.8. The number of nitrogens with zero attached hydrogens (tertiary/aromatic N) is 2. The normalized spacial score (nSPS) is 20.8. The van der Waals surface area contributed by atoms with Crippen LogP contribution in [-0.4, -0.2) is 40.1 Å². The van der Waals surface area contributed by atoms with Crippen LogP contribution < -0.4 is 0 Å². The number of rotatable bonds is 5. The summed E-state index contributed by atoms with van der Waals surface area (Å²) >= 11 is 0. The van der Waals surface area contributed by atoms with Crippen molar-refractivity contribution in [3.8, 4) is 0 Å². The fraction of sp³-hybridized carbons (Fsp3) is 0.571. The van der Waals surface area contributed by atoms with Gasteiger partial charge in [0, 0.05) is 30.9 Å². The van der Waals surface area contributed by atoms with Gasteiger partial charge in [0.05, 0.1) is 6.42 Å². The Labute approximate surface area is 108 Å². The molecule has 4 nitrogen and oxygen atoms in total. The van der Waals surface area contributed by atoms with Gasteiger partial charge in [-0.2, -0.15) is 0 Å². The molecule has 1 N–H and O–H groups in total. The summed E-state index contributed by atoms with van der Waals surface area (Å²) in [5.41, 5.74) is 1.08. The second kappa shape index (κ2) is 6.50. The topological polar surface area (TPSA) is 53.4 Å². The predicted octanol–water partition coefficient (Wildman–Crippen LogP) is 1.95. The summed E-state index contributed by atoms with van der Waals surface area (Å²) in [7, 11) is 0. The number of aromatic nitrogens is 1. The van der Waals surface area contributed by atoms with Gasteiger partial charge < -0.3 is 5.11 Å². The molecule has 0 spiro atoms. The molecule has 98 valence electrons. The van der Waals surface area contributed by atoms with Crippen molar-refractivity contribution in [2.75, 3.05) is 13.1 Å². The zero-order valence-corrected chi connectivity index (χ0v) is 10.6. The molecule has 1 aliphatic rings. The third-order valence-corrected chi connectivity index (χ3v) is 3.54. The first kappa shape index (κ1) is 13.0. The lowest BCUT2D eigenvalue weighted by Crippen LogP contribution is -2.41. The van der Waals surface area contributed by atoms with Gasteiger partial charge in [0.1, 0.15) is 0 Å². The molecule has 1 saturated heterocycles. The molecule has 1 atom stereocenters. The van der Waals surface area contributed by atoms with E-state index in [1.165, 1.54) is 6.42 Å². The second-order valence-corrected chi connectivity index (χ2v) is 4.85. The van der Waals surface area contributed by atoms with Crippen LogP contribution in [0.15, 0.2) is 24.4 Å². The van der Waals surface area contributed by atoms with E-state index in [1.54, 1.807) is 6.20 Å². The van der Waals surface area contributed by atoms with Gasteiger partial charge in [-0.15, -0.1) is 0 Å². The fourth-order valence-electron chi connectivity index (χ4n) is 2.59. The van der Waals surface area contributed by atoms with Crippen molar-refractivity contribution < 1.29 is 9.90 Å². The molecule has 2 heterocycles. The first-order valence-electron chi connectivity index (χ1n) is 6.61. The van der Waals surface area contributed by atoms with E-state index in [4.69, 9.17) is 5.11 Å². The van der Waals surface area contributed by atoms with E-state index in [2.05, 4.69) is 9.88 Å². The first-order valence-corrected chi connectivity index (χ1v) is 6.61. The highest BCUT2D eigenvalue weighted by Gasteiger charge is 2.24. The zero-order chi connectivity index (χ0) is 12.8. The van der Waals surface area contributed by atoms with Crippen molar-refractivity contribution in [3.63, 3.8) is 0 Å². The van der Waals surface area contributed by atoms with Crippen molar-refractivity contribution in [1.82, 2.24) is 9.88 Å². The van der Waals surface area contributed by atoms with Crippen molar-refractivity contribution in [2.24, 2.45) is 0 Å². The van der Waals surface area contributed by atoms with Crippen LogP contribution in [0.1, 0.15) is 31.4 Å². The predicted molar refractivity (Wildman–Crippen MR) is 69.4 cm³/mol. The van der Waals surface area contributed by atoms with E-state index in [9.17, 15) is 4.79 Å². The molecule has 1 fully saturated rings. The quantitative estimate of drug-likeness (QED) is 0.865. The minimum atomic E-state index is -0.690. The molecule has 2 rings (SSSR count). The Morgan fingerprint density at radius 2 is 2.33 bits per heavy atom. The van der Waals surface area contributed by atoms with Crippen LogP contribution in [0.5, 0.6) is 0 Å². The molecule has 0 bridgehead atoms. The van der Waals surface area contributed by atoms with E-state index in [1.807, 2.05) is 18.2 Å². The van der Waals surface area contributed by atoms with E-state index in [0.29, 0.717) is 0 Å². The minimum Gasteiger partial charge on any atom is -0.481 e. The maximum Gasteiger partial charge on any atom is 0.304 e. The Bertz CT molecular complexity index is 381. The van der Waals surface area contributed by atoms with Crippen molar-refractivity contribution in [1.29, 1.82) is 0 Å². The molecule has 1 aromatic heterocycles. The molecule has 0 saturated carbocycles. The Morgan fingerprint density at radius 3 is 3.06 bits per heavy atom. The summed E-state index contributed by atoms with van der Waals surface area (Å²) in [6, 6.07) is 6.14. The SMILES string of the molecule is O=C(O)CC1CCCCN1CCc1ccccn1. The van der Waals surface area contributed by atoms with E-state index in [0.717, 1.165) is 38.0 Å². The molecule has 1 aromatic rings. The maximum atomic E-state index is 10.8. The van der Waals surface area contributed by atoms with Crippen LogP contribution in [0, 0.1) is 0 Å². The zero-order valence-electron chi connectivity index (χ0n) is 10.6. The lowest BCUT2D eigenvalue weighted by molar-refractivity contribution is -0.138.